The highest BCUT2D eigenvalue weighted by atomic mass is 32.2. The van der Waals surface area contributed by atoms with Crippen molar-refractivity contribution in [3.63, 3.8) is 0 Å². The Morgan fingerprint density at radius 2 is 1.55 bits per heavy atom. The maximum atomic E-state index is 13.5. The molecule has 6 heteroatoms. The Hall–Kier alpha value is -2.70. The number of fused-ring (bicyclic) bond motifs is 1. The minimum Gasteiger partial charge on any atom is -0.335 e. The zero-order valence-corrected chi connectivity index (χ0v) is 19.8. The molecule has 0 bridgehead atoms. The molecule has 0 radical (unpaired) electrons. The van der Waals surface area contributed by atoms with Gasteiger partial charge in [-0.25, -0.2) is 8.42 Å². The van der Waals surface area contributed by atoms with Crippen LogP contribution in [0.4, 0.5) is 0 Å². The number of carbonyl (C=O) groups excluding carboxylic acids is 1. The Labute approximate surface area is 196 Å². The molecule has 1 unspecified atom stereocenters. The first-order valence-electron chi connectivity index (χ1n) is 11.8. The first kappa shape index (κ1) is 22.1. The van der Waals surface area contributed by atoms with Crippen LogP contribution in [0.1, 0.15) is 42.9 Å². The number of hydrogen-bond acceptors (Lipinski definition) is 3. The van der Waals surface area contributed by atoms with Crippen LogP contribution in [0.25, 0.3) is 10.8 Å². The number of amides is 1. The van der Waals surface area contributed by atoms with Crippen LogP contribution in [-0.4, -0.2) is 43.2 Å². The summed E-state index contributed by atoms with van der Waals surface area (Å²) < 4.78 is 27.6. The number of nitrogens with zero attached hydrogens (tertiary/aromatic N) is 2. The lowest BCUT2D eigenvalue weighted by Crippen LogP contribution is -2.44. The molecule has 0 aromatic heterocycles. The third kappa shape index (κ3) is 4.18. The van der Waals surface area contributed by atoms with Gasteiger partial charge in [0.1, 0.15) is 0 Å². The number of aryl methyl sites for hydroxylation is 1. The van der Waals surface area contributed by atoms with Crippen molar-refractivity contribution in [1.82, 2.24) is 9.21 Å². The van der Waals surface area contributed by atoms with Crippen LogP contribution >= 0.6 is 0 Å². The molecule has 1 atom stereocenters. The van der Waals surface area contributed by atoms with Gasteiger partial charge in [0.15, 0.2) is 0 Å². The molecule has 2 fully saturated rings. The third-order valence-corrected chi connectivity index (χ3v) is 9.09. The molecule has 0 N–H and O–H groups in total. The number of piperidine rings is 1. The van der Waals surface area contributed by atoms with Gasteiger partial charge in [-0.15, -0.1) is 0 Å². The van der Waals surface area contributed by atoms with Gasteiger partial charge in [0.05, 0.1) is 10.9 Å². The lowest BCUT2D eigenvalue weighted by atomic mass is 9.94. The molecule has 5 nitrogen and oxygen atoms in total. The van der Waals surface area contributed by atoms with Crippen molar-refractivity contribution in [3.8, 4) is 0 Å². The smallest absolute Gasteiger partial charge is 0.243 e. The van der Waals surface area contributed by atoms with E-state index >= 15 is 0 Å². The van der Waals surface area contributed by atoms with Crippen molar-refractivity contribution in [1.29, 1.82) is 0 Å². The number of sulfonamides is 1. The lowest BCUT2D eigenvalue weighted by molar-refractivity contribution is -0.137. The molecule has 0 aliphatic carbocycles. The second kappa shape index (κ2) is 8.92. The second-order valence-electron chi connectivity index (χ2n) is 9.25. The molecule has 2 aliphatic rings. The lowest BCUT2D eigenvalue weighted by Gasteiger charge is -2.34. The van der Waals surface area contributed by atoms with E-state index in [2.05, 4.69) is 41.3 Å². The minimum absolute atomic E-state index is 0.0953. The molecule has 3 aromatic rings. The Bertz CT molecular complexity index is 1260. The summed E-state index contributed by atoms with van der Waals surface area (Å²) in [4.78, 5) is 15.9. The highest BCUT2D eigenvalue weighted by Crippen LogP contribution is 2.38. The minimum atomic E-state index is -3.52. The van der Waals surface area contributed by atoms with Crippen molar-refractivity contribution in [3.05, 3.63) is 77.9 Å². The summed E-state index contributed by atoms with van der Waals surface area (Å²) in [5.41, 5.74) is 2.25. The Balaban J connectivity index is 1.30. The maximum Gasteiger partial charge on any atom is 0.243 e. The molecule has 1 amide bonds. The molecule has 3 aromatic carbocycles. The Kier molecular flexibility index (Phi) is 5.97. The van der Waals surface area contributed by atoms with Crippen molar-refractivity contribution in [2.24, 2.45) is 5.92 Å². The summed E-state index contributed by atoms with van der Waals surface area (Å²) in [6.45, 7) is 3.49. The van der Waals surface area contributed by atoms with Gasteiger partial charge in [0.25, 0.3) is 0 Å². The van der Waals surface area contributed by atoms with Crippen LogP contribution in [0.3, 0.4) is 0 Å². The molecule has 0 saturated carbocycles. The number of rotatable bonds is 4. The molecular formula is C27H30N2O3S. The highest BCUT2D eigenvalue weighted by Gasteiger charge is 2.38. The van der Waals surface area contributed by atoms with Crippen molar-refractivity contribution < 1.29 is 13.2 Å². The summed E-state index contributed by atoms with van der Waals surface area (Å²) in [6, 6.07) is 21.8. The van der Waals surface area contributed by atoms with E-state index in [0.717, 1.165) is 24.9 Å². The predicted octanol–water partition coefficient (Wildman–Crippen LogP) is 4.91. The molecule has 33 heavy (non-hydrogen) atoms. The molecule has 0 spiro atoms. The van der Waals surface area contributed by atoms with Gasteiger partial charge in [-0.05, 0) is 61.1 Å². The van der Waals surface area contributed by atoms with E-state index in [1.807, 2.05) is 25.1 Å². The molecule has 2 heterocycles. The monoisotopic (exact) mass is 462 g/mol. The van der Waals surface area contributed by atoms with Crippen LogP contribution in [0.5, 0.6) is 0 Å². The Morgan fingerprint density at radius 1 is 0.848 bits per heavy atom. The standard InChI is InChI=1S/C27H30N2O3S/c1-20-11-13-23(14-12-20)33(31,32)28-18-15-22(16-19-28)27(30)29-17-5-10-26(29)25-9-4-7-21-6-2-3-8-24(21)25/h2-4,6-9,11-14,22,26H,5,10,15-19H2,1H3. The maximum absolute atomic E-state index is 13.5. The largest absolute Gasteiger partial charge is 0.335 e. The average molecular weight is 463 g/mol. The van der Waals surface area contributed by atoms with Crippen LogP contribution in [0.15, 0.2) is 71.6 Å². The topological polar surface area (TPSA) is 57.7 Å². The van der Waals surface area contributed by atoms with E-state index in [-0.39, 0.29) is 17.9 Å². The van der Waals surface area contributed by atoms with Crippen LogP contribution in [0, 0.1) is 12.8 Å². The molecule has 172 valence electrons. The fourth-order valence-corrected chi connectivity index (χ4v) is 6.80. The third-order valence-electron chi connectivity index (χ3n) is 7.18. The van der Waals surface area contributed by atoms with E-state index in [1.54, 1.807) is 12.1 Å². The first-order chi connectivity index (χ1) is 15.9. The van der Waals surface area contributed by atoms with Crippen LogP contribution in [0.2, 0.25) is 0 Å². The Morgan fingerprint density at radius 3 is 2.30 bits per heavy atom. The number of carbonyl (C=O) groups is 1. The van der Waals surface area contributed by atoms with Gasteiger partial charge in [-0.1, -0.05) is 60.2 Å². The summed E-state index contributed by atoms with van der Waals surface area (Å²) in [6.07, 6.45) is 3.12. The summed E-state index contributed by atoms with van der Waals surface area (Å²) >= 11 is 0. The molecule has 2 saturated heterocycles. The quantitative estimate of drug-likeness (QED) is 0.553. The van der Waals surface area contributed by atoms with E-state index in [1.165, 1.54) is 20.6 Å². The van der Waals surface area contributed by atoms with Gasteiger partial charge in [-0.2, -0.15) is 4.31 Å². The zero-order chi connectivity index (χ0) is 23.0. The fraction of sp³-hybridized carbons (Fsp3) is 0.370. The molecule has 5 rings (SSSR count). The second-order valence-corrected chi connectivity index (χ2v) is 11.2. The summed E-state index contributed by atoms with van der Waals surface area (Å²) in [5, 5.41) is 2.41. The van der Waals surface area contributed by atoms with Crippen molar-refractivity contribution >= 4 is 26.7 Å². The SMILES string of the molecule is Cc1ccc(S(=O)(=O)N2CCC(C(=O)N3CCCC3c3cccc4ccccc34)CC2)cc1. The van der Waals surface area contributed by atoms with E-state index < -0.39 is 10.0 Å². The van der Waals surface area contributed by atoms with Gasteiger partial charge in [-0.3, -0.25) is 4.79 Å². The first-order valence-corrected chi connectivity index (χ1v) is 13.2. The normalized spacial score (nSPS) is 20.4. The fourth-order valence-electron chi connectivity index (χ4n) is 5.33. The summed E-state index contributed by atoms with van der Waals surface area (Å²) in [7, 11) is -3.52. The number of likely N-dealkylation sites (tertiary alicyclic amines) is 1. The molecule has 2 aliphatic heterocycles. The highest BCUT2D eigenvalue weighted by molar-refractivity contribution is 7.89. The van der Waals surface area contributed by atoms with Gasteiger partial charge in [0, 0.05) is 25.6 Å². The van der Waals surface area contributed by atoms with Gasteiger partial charge >= 0.3 is 0 Å². The van der Waals surface area contributed by atoms with E-state index in [0.29, 0.717) is 30.8 Å². The number of benzene rings is 3. The van der Waals surface area contributed by atoms with Crippen molar-refractivity contribution in [2.45, 2.75) is 43.5 Å². The zero-order valence-electron chi connectivity index (χ0n) is 19.0. The van der Waals surface area contributed by atoms with Crippen LogP contribution in [-0.2, 0) is 14.8 Å². The van der Waals surface area contributed by atoms with Gasteiger partial charge < -0.3 is 4.90 Å². The van der Waals surface area contributed by atoms with Gasteiger partial charge in [0.2, 0.25) is 15.9 Å². The van der Waals surface area contributed by atoms with Crippen LogP contribution < -0.4 is 0 Å². The summed E-state index contributed by atoms with van der Waals surface area (Å²) in [5.74, 6) is 0.0582. The number of hydrogen-bond donors (Lipinski definition) is 0. The predicted molar refractivity (Wildman–Crippen MR) is 130 cm³/mol. The average Bonchev–Trinajstić information content (AvgIpc) is 3.33. The van der Waals surface area contributed by atoms with E-state index in [9.17, 15) is 13.2 Å². The van der Waals surface area contributed by atoms with E-state index in [4.69, 9.17) is 0 Å². The molecular weight excluding hydrogens is 432 g/mol. The van der Waals surface area contributed by atoms with Crippen molar-refractivity contribution in [2.75, 3.05) is 19.6 Å².